The van der Waals surface area contributed by atoms with Gasteiger partial charge >= 0.3 is 0 Å². The number of carbonyl (C=O) groups excluding carboxylic acids is 2. The monoisotopic (exact) mass is 635 g/mol. The molecule has 12 heteroatoms. The molecule has 0 aliphatic heterocycles. The van der Waals surface area contributed by atoms with Gasteiger partial charge in [-0.1, -0.05) is 61.3 Å². The maximum absolute atomic E-state index is 14.2. The van der Waals surface area contributed by atoms with E-state index in [0.717, 1.165) is 4.31 Å². The lowest BCUT2D eigenvalue weighted by Crippen LogP contribution is -2.51. The normalized spacial score (nSPS) is 12.0. The minimum atomic E-state index is -4.30. The van der Waals surface area contributed by atoms with Gasteiger partial charge in [0.05, 0.1) is 24.8 Å². The average Bonchev–Trinajstić information content (AvgIpc) is 2.98. The summed E-state index contributed by atoms with van der Waals surface area (Å²) in [5.41, 5.74) is 0.510. The quantitative estimate of drug-likeness (QED) is 0.270. The molecule has 0 aliphatic rings. The summed E-state index contributed by atoms with van der Waals surface area (Å²) in [6, 6.07) is 16.3. The zero-order valence-corrected chi connectivity index (χ0v) is 26.5. The van der Waals surface area contributed by atoms with Crippen LogP contribution in [0.4, 0.5) is 5.69 Å². The number of carbonyl (C=O) groups is 2. The third-order valence-electron chi connectivity index (χ3n) is 6.51. The number of benzene rings is 3. The molecule has 0 aromatic heterocycles. The molecule has 0 aliphatic carbocycles. The van der Waals surface area contributed by atoms with E-state index in [4.69, 9.17) is 32.7 Å². The Morgan fingerprint density at radius 1 is 0.905 bits per heavy atom. The highest BCUT2D eigenvalue weighted by molar-refractivity contribution is 7.92. The highest BCUT2D eigenvalue weighted by atomic mass is 35.5. The molecule has 1 N–H and O–H groups in total. The van der Waals surface area contributed by atoms with Crippen molar-refractivity contribution in [1.29, 1.82) is 0 Å². The second kappa shape index (κ2) is 14.6. The van der Waals surface area contributed by atoms with Crippen LogP contribution in [0.25, 0.3) is 0 Å². The molecule has 0 fully saturated rings. The Hall–Kier alpha value is -3.47. The van der Waals surface area contributed by atoms with E-state index < -0.39 is 34.4 Å². The van der Waals surface area contributed by atoms with Crippen LogP contribution in [0, 0.1) is 5.92 Å². The van der Waals surface area contributed by atoms with E-state index in [1.54, 1.807) is 55.5 Å². The highest BCUT2D eigenvalue weighted by Gasteiger charge is 2.34. The van der Waals surface area contributed by atoms with E-state index in [9.17, 15) is 18.0 Å². The zero-order valence-electron chi connectivity index (χ0n) is 24.1. The van der Waals surface area contributed by atoms with E-state index in [1.807, 2.05) is 13.8 Å². The number of sulfonamides is 1. The van der Waals surface area contributed by atoms with Crippen LogP contribution in [0.15, 0.2) is 71.6 Å². The van der Waals surface area contributed by atoms with Gasteiger partial charge in [-0.15, -0.1) is 0 Å². The molecule has 3 aromatic rings. The molecule has 0 saturated carbocycles. The van der Waals surface area contributed by atoms with E-state index in [0.29, 0.717) is 27.9 Å². The number of ether oxygens (including phenoxy) is 2. The SMILES string of the molecule is COc1ccc(OC)c(N(CC(=O)N(Cc2c(Cl)cccc2Cl)C(C)C(=O)NCC(C)C)S(=O)(=O)c2ccccc2)c1. The van der Waals surface area contributed by atoms with Crippen molar-refractivity contribution in [2.24, 2.45) is 5.92 Å². The summed E-state index contributed by atoms with van der Waals surface area (Å²) in [5.74, 6) is -0.339. The molecular weight excluding hydrogens is 601 g/mol. The van der Waals surface area contributed by atoms with Crippen LogP contribution >= 0.6 is 23.2 Å². The van der Waals surface area contributed by atoms with Gasteiger partial charge in [-0.25, -0.2) is 8.42 Å². The van der Waals surface area contributed by atoms with E-state index in [-0.39, 0.29) is 28.8 Å². The Bertz CT molecular complexity index is 1480. The van der Waals surface area contributed by atoms with Crippen molar-refractivity contribution < 1.29 is 27.5 Å². The van der Waals surface area contributed by atoms with E-state index in [2.05, 4.69) is 5.32 Å². The molecule has 2 amide bonds. The van der Waals surface area contributed by atoms with Crippen LogP contribution in [-0.4, -0.2) is 58.5 Å². The Morgan fingerprint density at radius 3 is 2.12 bits per heavy atom. The standard InChI is InChI=1S/C30H35Cl2N3O6S/c1-20(2)17-33-30(37)21(3)34(18-24-25(31)12-9-13-26(24)32)29(36)19-35(42(38,39)23-10-7-6-8-11-23)27-16-22(40-4)14-15-28(27)41-5/h6-16,20-21H,17-19H2,1-5H3,(H,33,37). The van der Waals surface area contributed by atoms with E-state index in [1.165, 1.54) is 37.3 Å². The first kappa shape index (κ1) is 33.0. The fraction of sp³-hybridized carbons (Fsp3) is 0.333. The lowest BCUT2D eigenvalue weighted by atomic mass is 10.1. The van der Waals surface area contributed by atoms with Gasteiger partial charge in [-0.2, -0.15) is 0 Å². The minimum absolute atomic E-state index is 0.0360. The largest absolute Gasteiger partial charge is 0.497 e. The summed E-state index contributed by atoms with van der Waals surface area (Å²) in [6.07, 6.45) is 0. The number of amides is 2. The number of nitrogens with zero attached hydrogens (tertiary/aromatic N) is 2. The van der Waals surface area contributed by atoms with Crippen molar-refractivity contribution in [2.45, 2.75) is 38.3 Å². The number of halogens is 2. The molecule has 9 nitrogen and oxygen atoms in total. The fourth-order valence-corrected chi connectivity index (χ4v) is 6.07. The Morgan fingerprint density at radius 2 is 1.55 bits per heavy atom. The van der Waals surface area contributed by atoms with Gasteiger partial charge in [-0.05, 0) is 49.2 Å². The summed E-state index contributed by atoms with van der Waals surface area (Å²) in [4.78, 5) is 28.6. The highest BCUT2D eigenvalue weighted by Crippen LogP contribution is 2.36. The zero-order chi connectivity index (χ0) is 31.0. The second-order valence-corrected chi connectivity index (χ2v) is 12.6. The van der Waals surface area contributed by atoms with Crippen LogP contribution < -0.4 is 19.1 Å². The number of hydrogen-bond donors (Lipinski definition) is 1. The summed E-state index contributed by atoms with van der Waals surface area (Å²) < 4.78 is 39.9. The Balaban J connectivity index is 2.13. The smallest absolute Gasteiger partial charge is 0.264 e. The maximum atomic E-state index is 14.2. The summed E-state index contributed by atoms with van der Waals surface area (Å²) in [7, 11) is -1.46. The first-order valence-electron chi connectivity index (χ1n) is 13.2. The topological polar surface area (TPSA) is 105 Å². The molecule has 226 valence electrons. The Kier molecular flexibility index (Phi) is 11.5. The molecule has 3 aromatic carbocycles. The number of rotatable bonds is 13. The number of nitrogens with one attached hydrogen (secondary N) is 1. The van der Waals surface area contributed by atoms with Gasteiger partial charge in [0, 0.05) is 34.8 Å². The molecular formula is C30H35Cl2N3O6S. The van der Waals surface area contributed by atoms with Crippen molar-refractivity contribution in [2.75, 3.05) is 31.6 Å². The molecule has 0 heterocycles. The molecule has 0 spiro atoms. The summed E-state index contributed by atoms with van der Waals surface area (Å²) in [6.45, 7) is 5.07. The fourth-order valence-electron chi connectivity index (χ4n) is 4.11. The molecule has 42 heavy (non-hydrogen) atoms. The lowest BCUT2D eigenvalue weighted by Gasteiger charge is -2.33. The summed E-state index contributed by atoms with van der Waals surface area (Å²) in [5, 5.41) is 3.45. The second-order valence-electron chi connectivity index (χ2n) is 9.90. The van der Waals surface area contributed by atoms with E-state index >= 15 is 0 Å². The molecule has 1 atom stereocenters. The van der Waals surface area contributed by atoms with Crippen molar-refractivity contribution in [3.8, 4) is 11.5 Å². The minimum Gasteiger partial charge on any atom is -0.497 e. The van der Waals surface area contributed by atoms with Crippen molar-refractivity contribution in [3.05, 3.63) is 82.3 Å². The predicted octanol–water partition coefficient (Wildman–Crippen LogP) is 5.40. The van der Waals surface area contributed by atoms with Gasteiger partial charge in [-0.3, -0.25) is 13.9 Å². The molecule has 0 saturated heterocycles. The van der Waals surface area contributed by atoms with Crippen molar-refractivity contribution in [1.82, 2.24) is 10.2 Å². The molecule has 0 bridgehead atoms. The van der Waals surface area contributed by atoms with Crippen LogP contribution in [0.1, 0.15) is 26.3 Å². The molecule has 1 unspecified atom stereocenters. The van der Waals surface area contributed by atoms with Crippen molar-refractivity contribution in [3.63, 3.8) is 0 Å². The van der Waals surface area contributed by atoms with Crippen LogP contribution in [0.5, 0.6) is 11.5 Å². The molecule has 3 rings (SSSR count). The van der Waals surface area contributed by atoms with Gasteiger partial charge in [0.1, 0.15) is 24.1 Å². The lowest BCUT2D eigenvalue weighted by molar-refractivity contribution is -0.139. The van der Waals surface area contributed by atoms with Crippen LogP contribution in [0.3, 0.4) is 0 Å². The third-order valence-corrected chi connectivity index (χ3v) is 8.99. The number of methoxy groups -OCH3 is 2. The summed E-state index contributed by atoms with van der Waals surface area (Å²) >= 11 is 12.9. The Labute approximate surface area is 257 Å². The van der Waals surface area contributed by atoms with Gasteiger partial charge in [0.15, 0.2) is 0 Å². The van der Waals surface area contributed by atoms with Crippen LogP contribution in [-0.2, 0) is 26.2 Å². The van der Waals surface area contributed by atoms with Gasteiger partial charge in [0.25, 0.3) is 10.0 Å². The number of hydrogen-bond acceptors (Lipinski definition) is 6. The first-order chi connectivity index (χ1) is 19.9. The van der Waals surface area contributed by atoms with Gasteiger partial charge in [0.2, 0.25) is 11.8 Å². The van der Waals surface area contributed by atoms with Crippen molar-refractivity contribution >= 4 is 50.7 Å². The van der Waals surface area contributed by atoms with Gasteiger partial charge < -0.3 is 19.7 Å². The predicted molar refractivity (Wildman–Crippen MR) is 165 cm³/mol. The first-order valence-corrected chi connectivity index (χ1v) is 15.4. The average molecular weight is 637 g/mol. The third kappa shape index (κ3) is 7.87. The van der Waals surface area contributed by atoms with Crippen LogP contribution in [0.2, 0.25) is 10.0 Å². The molecule has 0 radical (unpaired) electrons. The number of anilines is 1. The maximum Gasteiger partial charge on any atom is 0.264 e.